The van der Waals surface area contributed by atoms with E-state index in [2.05, 4.69) is 10.6 Å². The fourth-order valence-corrected chi connectivity index (χ4v) is 2.57. The molecule has 0 aliphatic heterocycles. The minimum atomic E-state index is -0.371. The van der Waals surface area contributed by atoms with Crippen LogP contribution in [-0.2, 0) is 4.74 Å². The van der Waals surface area contributed by atoms with Crippen LogP contribution in [0.1, 0.15) is 41.4 Å². The van der Waals surface area contributed by atoms with Crippen LogP contribution >= 0.6 is 12.2 Å². The topological polar surface area (TPSA) is 50.4 Å². The summed E-state index contributed by atoms with van der Waals surface area (Å²) in [6.07, 6.45) is 0. The molecule has 132 valence electrons. The first-order chi connectivity index (χ1) is 11.9. The monoisotopic (exact) mass is 360 g/mol. The molecular formula is C19H21FN2O2S. The molecule has 6 heteroatoms. The zero-order chi connectivity index (χ0) is 18.4. The maximum absolute atomic E-state index is 13.0. The average molecular weight is 360 g/mol. The molecule has 4 nitrogen and oxygen atoms in total. The van der Waals surface area contributed by atoms with Gasteiger partial charge in [0, 0.05) is 5.69 Å². The largest absolute Gasteiger partial charge is 0.462 e. The first kappa shape index (κ1) is 18.9. The standard InChI is InChI=1S/C19H21FN2O2S/c1-4-24-18(23)15-6-5-12(2)17(11-15)22-19(25)21-13(3)14-7-9-16(20)10-8-14/h5-11,13H,4H2,1-3H3,(H2,21,22,25)/t13-/m1/s1. The van der Waals surface area contributed by atoms with Crippen molar-refractivity contribution in [3.05, 3.63) is 65.0 Å². The van der Waals surface area contributed by atoms with Crippen LogP contribution in [0.4, 0.5) is 10.1 Å². The number of hydrogen-bond acceptors (Lipinski definition) is 3. The van der Waals surface area contributed by atoms with E-state index in [0.717, 1.165) is 16.8 Å². The lowest BCUT2D eigenvalue weighted by molar-refractivity contribution is 0.0526. The minimum Gasteiger partial charge on any atom is -0.462 e. The predicted octanol–water partition coefficient (Wildman–Crippen LogP) is 4.36. The summed E-state index contributed by atoms with van der Waals surface area (Å²) < 4.78 is 18.0. The first-order valence-corrected chi connectivity index (χ1v) is 8.42. The van der Waals surface area contributed by atoms with Crippen LogP contribution in [-0.4, -0.2) is 17.7 Å². The summed E-state index contributed by atoms with van der Waals surface area (Å²) in [6, 6.07) is 11.4. The third-order valence-corrected chi connectivity index (χ3v) is 3.93. The van der Waals surface area contributed by atoms with Crippen molar-refractivity contribution < 1.29 is 13.9 Å². The van der Waals surface area contributed by atoms with Gasteiger partial charge in [-0.15, -0.1) is 0 Å². The zero-order valence-electron chi connectivity index (χ0n) is 14.4. The maximum Gasteiger partial charge on any atom is 0.338 e. The molecule has 0 amide bonds. The van der Waals surface area contributed by atoms with Crippen molar-refractivity contribution in [2.45, 2.75) is 26.8 Å². The Morgan fingerprint density at radius 2 is 1.92 bits per heavy atom. The molecule has 0 aliphatic rings. The molecule has 2 N–H and O–H groups in total. The van der Waals surface area contributed by atoms with E-state index in [1.54, 1.807) is 31.2 Å². The van der Waals surface area contributed by atoms with Crippen LogP contribution in [0.15, 0.2) is 42.5 Å². The number of ether oxygens (including phenoxy) is 1. The lowest BCUT2D eigenvalue weighted by Gasteiger charge is -2.18. The molecule has 0 aromatic heterocycles. The molecular weight excluding hydrogens is 339 g/mol. The normalized spacial score (nSPS) is 11.5. The Kier molecular flexibility index (Phi) is 6.47. The highest BCUT2D eigenvalue weighted by molar-refractivity contribution is 7.80. The highest BCUT2D eigenvalue weighted by Crippen LogP contribution is 2.19. The number of rotatable bonds is 5. The van der Waals surface area contributed by atoms with Crippen LogP contribution < -0.4 is 10.6 Å². The van der Waals surface area contributed by atoms with Crippen molar-refractivity contribution in [3.63, 3.8) is 0 Å². The fraction of sp³-hybridized carbons (Fsp3) is 0.263. The SMILES string of the molecule is CCOC(=O)c1ccc(C)c(NC(=S)N[C@H](C)c2ccc(F)cc2)c1. The molecule has 0 saturated heterocycles. The van der Waals surface area contributed by atoms with Crippen molar-refractivity contribution in [2.24, 2.45) is 0 Å². The van der Waals surface area contributed by atoms with E-state index in [1.165, 1.54) is 12.1 Å². The molecule has 25 heavy (non-hydrogen) atoms. The van der Waals surface area contributed by atoms with Crippen LogP contribution in [0.3, 0.4) is 0 Å². The van der Waals surface area contributed by atoms with Gasteiger partial charge < -0.3 is 15.4 Å². The molecule has 0 fully saturated rings. The van der Waals surface area contributed by atoms with E-state index in [1.807, 2.05) is 19.9 Å². The molecule has 0 saturated carbocycles. The molecule has 1 atom stereocenters. The number of aryl methyl sites for hydroxylation is 1. The summed E-state index contributed by atoms with van der Waals surface area (Å²) >= 11 is 5.35. The van der Waals surface area contributed by atoms with E-state index in [4.69, 9.17) is 17.0 Å². The number of benzene rings is 2. The fourth-order valence-electron chi connectivity index (χ4n) is 2.29. The molecule has 0 unspecified atom stereocenters. The number of hydrogen-bond donors (Lipinski definition) is 2. The lowest BCUT2D eigenvalue weighted by atomic mass is 10.1. The van der Waals surface area contributed by atoms with Crippen molar-refractivity contribution in [1.29, 1.82) is 0 Å². The number of thiocarbonyl (C=S) groups is 1. The lowest BCUT2D eigenvalue weighted by Crippen LogP contribution is -2.31. The van der Waals surface area contributed by atoms with Gasteiger partial charge in [-0.1, -0.05) is 18.2 Å². The molecule has 0 spiro atoms. The third kappa shape index (κ3) is 5.26. The van der Waals surface area contributed by atoms with Crippen LogP contribution in [0.25, 0.3) is 0 Å². The number of anilines is 1. The first-order valence-electron chi connectivity index (χ1n) is 8.01. The van der Waals surface area contributed by atoms with Gasteiger partial charge in [0.25, 0.3) is 0 Å². The Morgan fingerprint density at radius 3 is 2.56 bits per heavy atom. The Labute approximate surface area is 152 Å². The zero-order valence-corrected chi connectivity index (χ0v) is 15.2. The molecule has 0 aliphatic carbocycles. The number of halogens is 1. The van der Waals surface area contributed by atoms with Gasteiger partial charge in [0.2, 0.25) is 0 Å². The summed E-state index contributed by atoms with van der Waals surface area (Å²) in [7, 11) is 0. The second-order valence-electron chi connectivity index (χ2n) is 5.62. The minimum absolute atomic E-state index is 0.0888. The Morgan fingerprint density at radius 1 is 1.24 bits per heavy atom. The van der Waals surface area contributed by atoms with Gasteiger partial charge in [-0.25, -0.2) is 9.18 Å². The number of nitrogens with one attached hydrogen (secondary N) is 2. The van der Waals surface area contributed by atoms with Crippen molar-refractivity contribution in [1.82, 2.24) is 5.32 Å². The van der Waals surface area contributed by atoms with Crippen LogP contribution in [0, 0.1) is 12.7 Å². The summed E-state index contributed by atoms with van der Waals surface area (Å²) in [4.78, 5) is 11.9. The molecule has 2 aromatic rings. The van der Waals surface area contributed by atoms with E-state index in [0.29, 0.717) is 17.3 Å². The summed E-state index contributed by atoms with van der Waals surface area (Å²) in [5.74, 6) is -0.646. The Balaban J connectivity index is 2.05. The number of carbonyl (C=O) groups excluding carboxylic acids is 1. The van der Waals surface area contributed by atoms with Gasteiger partial charge in [-0.2, -0.15) is 0 Å². The Bertz CT molecular complexity index is 763. The van der Waals surface area contributed by atoms with Gasteiger partial charge in [-0.3, -0.25) is 0 Å². The highest BCUT2D eigenvalue weighted by atomic mass is 32.1. The summed E-state index contributed by atoms with van der Waals surface area (Å²) in [5, 5.41) is 6.66. The van der Waals surface area contributed by atoms with Gasteiger partial charge in [0.05, 0.1) is 18.2 Å². The molecule has 0 heterocycles. The van der Waals surface area contributed by atoms with Gasteiger partial charge >= 0.3 is 5.97 Å². The van der Waals surface area contributed by atoms with Gasteiger partial charge in [-0.05, 0) is 68.4 Å². The second-order valence-corrected chi connectivity index (χ2v) is 6.03. The van der Waals surface area contributed by atoms with E-state index < -0.39 is 0 Å². The van der Waals surface area contributed by atoms with Crippen LogP contribution in [0.2, 0.25) is 0 Å². The summed E-state index contributed by atoms with van der Waals surface area (Å²) in [6.45, 7) is 5.94. The summed E-state index contributed by atoms with van der Waals surface area (Å²) in [5.41, 5.74) is 3.06. The Hall–Kier alpha value is -2.47. The maximum atomic E-state index is 13.0. The molecule has 2 aromatic carbocycles. The molecule has 0 radical (unpaired) electrons. The van der Waals surface area contributed by atoms with E-state index >= 15 is 0 Å². The van der Waals surface area contributed by atoms with Crippen LogP contribution in [0.5, 0.6) is 0 Å². The molecule has 0 bridgehead atoms. The van der Waals surface area contributed by atoms with Crippen molar-refractivity contribution >= 4 is 29.0 Å². The number of carbonyl (C=O) groups is 1. The highest BCUT2D eigenvalue weighted by Gasteiger charge is 2.11. The average Bonchev–Trinajstić information content (AvgIpc) is 2.57. The third-order valence-electron chi connectivity index (χ3n) is 3.71. The van der Waals surface area contributed by atoms with Gasteiger partial charge in [0.15, 0.2) is 5.11 Å². The van der Waals surface area contributed by atoms with E-state index in [9.17, 15) is 9.18 Å². The smallest absolute Gasteiger partial charge is 0.338 e. The quantitative estimate of drug-likeness (QED) is 0.613. The van der Waals surface area contributed by atoms with Crippen molar-refractivity contribution in [3.8, 4) is 0 Å². The predicted molar refractivity (Wildman–Crippen MR) is 101 cm³/mol. The number of esters is 1. The second kappa shape index (κ2) is 8.58. The van der Waals surface area contributed by atoms with Gasteiger partial charge in [0.1, 0.15) is 5.82 Å². The van der Waals surface area contributed by atoms with E-state index in [-0.39, 0.29) is 17.8 Å². The van der Waals surface area contributed by atoms with Crippen molar-refractivity contribution in [2.75, 3.05) is 11.9 Å². The molecule has 2 rings (SSSR count).